The molecule has 0 radical (unpaired) electrons. The van der Waals surface area contributed by atoms with Gasteiger partial charge in [0.1, 0.15) is 11.5 Å². The Morgan fingerprint density at radius 2 is 1.88 bits per heavy atom. The fraction of sp³-hybridized carbons (Fsp3) is 0.333. The number of methoxy groups -OCH3 is 1. The van der Waals surface area contributed by atoms with Crippen molar-refractivity contribution in [2.45, 2.75) is 32.3 Å². The lowest BCUT2D eigenvalue weighted by Crippen LogP contribution is -2.41. The van der Waals surface area contributed by atoms with E-state index < -0.39 is 12.1 Å². The average Bonchev–Trinajstić information content (AvgIpc) is 3.17. The van der Waals surface area contributed by atoms with Gasteiger partial charge in [-0.15, -0.1) is 0 Å². The number of carbonyl (C=O) groups excluding carboxylic acids is 1. The molecular weight excluding hydrogens is 429 g/mol. The summed E-state index contributed by atoms with van der Waals surface area (Å²) in [5, 5.41) is 8.16. The van der Waals surface area contributed by atoms with Gasteiger partial charge in [-0.2, -0.15) is 13.2 Å². The van der Waals surface area contributed by atoms with Gasteiger partial charge in [-0.1, -0.05) is 24.3 Å². The van der Waals surface area contributed by atoms with Crippen LogP contribution in [0.25, 0.3) is 10.9 Å². The van der Waals surface area contributed by atoms with Gasteiger partial charge in [-0.25, -0.2) is 14.8 Å². The van der Waals surface area contributed by atoms with Crippen LogP contribution in [0.3, 0.4) is 0 Å². The zero-order chi connectivity index (χ0) is 23.5. The number of benzene rings is 1. The Bertz CT molecular complexity index is 1130. The molecule has 3 aromatic rings. The highest BCUT2D eigenvalue weighted by Crippen LogP contribution is 2.27. The SMILES string of the molecule is COCc1cnc2n1CCN(C(=O)c1ccc3ccccc3n1)C2C.O=C(O)C(F)(F)F. The summed E-state index contributed by atoms with van der Waals surface area (Å²) in [7, 11) is 1.67. The number of alkyl halides is 3. The van der Waals surface area contributed by atoms with E-state index in [9.17, 15) is 18.0 Å². The second-order valence-electron chi connectivity index (χ2n) is 7.06. The fourth-order valence-electron chi connectivity index (χ4n) is 3.43. The zero-order valence-corrected chi connectivity index (χ0v) is 17.3. The van der Waals surface area contributed by atoms with Gasteiger partial charge >= 0.3 is 12.1 Å². The second-order valence-corrected chi connectivity index (χ2v) is 7.06. The number of hydrogen-bond donors (Lipinski definition) is 1. The number of halogens is 3. The van der Waals surface area contributed by atoms with E-state index >= 15 is 0 Å². The Morgan fingerprint density at radius 3 is 2.53 bits per heavy atom. The van der Waals surface area contributed by atoms with Crippen molar-refractivity contribution in [2.75, 3.05) is 13.7 Å². The highest BCUT2D eigenvalue weighted by molar-refractivity contribution is 5.95. The number of carboxylic acid groups (broad SMARTS) is 1. The predicted octanol–water partition coefficient (Wildman–Crippen LogP) is 3.43. The molecule has 0 bridgehead atoms. The predicted molar refractivity (Wildman–Crippen MR) is 108 cm³/mol. The number of imidazole rings is 1. The molecule has 1 aliphatic rings. The van der Waals surface area contributed by atoms with E-state index in [1.54, 1.807) is 13.2 Å². The maximum atomic E-state index is 13.0. The summed E-state index contributed by atoms with van der Waals surface area (Å²) >= 11 is 0. The van der Waals surface area contributed by atoms with Gasteiger partial charge in [-0.05, 0) is 19.1 Å². The lowest BCUT2D eigenvalue weighted by Gasteiger charge is -2.34. The van der Waals surface area contributed by atoms with Gasteiger partial charge in [0.15, 0.2) is 0 Å². The summed E-state index contributed by atoms with van der Waals surface area (Å²) in [5.74, 6) is -1.92. The Kier molecular flexibility index (Phi) is 6.78. The minimum Gasteiger partial charge on any atom is -0.475 e. The number of para-hydroxylation sites is 1. The number of carboxylic acids is 1. The van der Waals surface area contributed by atoms with Crippen LogP contribution in [0.1, 0.15) is 35.0 Å². The summed E-state index contributed by atoms with van der Waals surface area (Å²) in [6.45, 7) is 3.89. The molecule has 1 aliphatic heterocycles. The number of aromatic nitrogens is 3. The highest BCUT2D eigenvalue weighted by atomic mass is 19.4. The first-order valence-electron chi connectivity index (χ1n) is 9.63. The summed E-state index contributed by atoms with van der Waals surface area (Å²) in [5.41, 5.74) is 2.35. The lowest BCUT2D eigenvalue weighted by molar-refractivity contribution is -0.192. The van der Waals surface area contributed by atoms with Crippen molar-refractivity contribution in [1.29, 1.82) is 0 Å². The van der Waals surface area contributed by atoms with Gasteiger partial charge in [0.05, 0.1) is 30.1 Å². The van der Waals surface area contributed by atoms with Gasteiger partial charge in [-0.3, -0.25) is 4.79 Å². The van der Waals surface area contributed by atoms with Crippen molar-refractivity contribution < 1.29 is 32.6 Å². The molecular formula is C21H21F3N4O4. The molecule has 1 N–H and O–H groups in total. The molecule has 1 unspecified atom stereocenters. The molecule has 2 aromatic heterocycles. The Balaban J connectivity index is 0.000000360. The number of pyridine rings is 1. The molecule has 0 spiro atoms. The first-order valence-corrected chi connectivity index (χ1v) is 9.63. The number of carbonyl (C=O) groups is 2. The van der Waals surface area contributed by atoms with E-state index in [0.717, 1.165) is 29.0 Å². The molecule has 0 saturated carbocycles. The Labute approximate surface area is 181 Å². The van der Waals surface area contributed by atoms with Gasteiger partial charge in [0, 0.05) is 25.6 Å². The van der Waals surface area contributed by atoms with Crippen molar-refractivity contribution >= 4 is 22.8 Å². The summed E-state index contributed by atoms with van der Waals surface area (Å²) in [6.07, 6.45) is -3.25. The maximum absolute atomic E-state index is 13.0. The van der Waals surface area contributed by atoms with Crippen LogP contribution in [0, 0.1) is 0 Å². The first kappa shape index (κ1) is 23.2. The molecule has 8 nitrogen and oxygen atoms in total. The Morgan fingerprint density at radius 1 is 1.19 bits per heavy atom. The van der Waals surface area contributed by atoms with E-state index in [-0.39, 0.29) is 11.9 Å². The van der Waals surface area contributed by atoms with Crippen LogP contribution < -0.4 is 0 Å². The van der Waals surface area contributed by atoms with E-state index in [1.807, 2.05) is 48.4 Å². The quantitative estimate of drug-likeness (QED) is 0.657. The fourth-order valence-corrected chi connectivity index (χ4v) is 3.43. The molecule has 1 atom stereocenters. The number of nitrogens with zero attached hydrogens (tertiary/aromatic N) is 4. The van der Waals surface area contributed by atoms with Crippen molar-refractivity contribution in [3.8, 4) is 0 Å². The number of amides is 1. The number of hydrogen-bond acceptors (Lipinski definition) is 5. The third kappa shape index (κ3) is 4.88. The molecule has 0 saturated heterocycles. The van der Waals surface area contributed by atoms with Crippen LogP contribution in [0.5, 0.6) is 0 Å². The minimum absolute atomic E-state index is 0.0548. The molecule has 1 amide bonds. The standard InChI is InChI=1S/C19H20N4O2.C2HF3O2/c1-13-18-20-11-15(12-25-2)23(18)10-9-22(13)19(24)17-8-7-14-5-3-4-6-16(14)21-17;3-2(4,5)1(6)7/h3-8,11,13H,9-10,12H2,1-2H3;(H,6,7). The third-order valence-corrected chi connectivity index (χ3v) is 4.99. The van der Waals surface area contributed by atoms with Gasteiger partial charge in [0.2, 0.25) is 0 Å². The van der Waals surface area contributed by atoms with Crippen LogP contribution in [0.4, 0.5) is 13.2 Å². The first-order chi connectivity index (χ1) is 15.1. The maximum Gasteiger partial charge on any atom is 0.490 e. The van der Waals surface area contributed by atoms with Crippen molar-refractivity contribution in [3.63, 3.8) is 0 Å². The molecule has 11 heteroatoms. The molecule has 32 heavy (non-hydrogen) atoms. The molecule has 0 fully saturated rings. The molecule has 170 valence electrons. The largest absolute Gasteiger partial charge is 0.490 e. The normalized spacial score (nSPS) is 15.7. The monoisotopic (exact) mass is 450 g/mol. The minimum atomic E-state index is -5.08. The van der Waals surface area contributed by atoms with Crippen molar-refractivity contribution in [1.82, 2.24) is 19.4 Å². The Hall–Kier alpha value is -3.47. The third-order valence-electron chi connectivity index (χ3n) is 4.99. The topological polar surface area (TPSA) is 97.5 Å². The van der Waals surface area contributed by atoms with Gasteiger partial charge < -0.3 is 19.3 Å². The van der Waals surface area contributed by atoms with Crippen molar-refractivity contribution in [3.05, 3.63) is 59.8 Å². The van der Waals surface area contributed by atoms with Crippen molar-refractivity contribution in [2.24, 2.45) is 0 Å². The molecule has 0 aliphatic carbocycles. The van der Waals surface area contributed by atoms with Crippen LogP contribution >= 0.6 is 0 Å². The van der Waals surface area contributed by atoms with E-state index in [4.69, 9.17) is 14.6 Å². The molecule has 3 heterocycles. The smallest absolute Gasteiger partial charge is 0.475 e. The summed E-state index contributed by atoms with van der Waals surface area (Å²) in [4.78, 5) is 32.8. The van der Waals surface area contributed by atoms with Gasteiger partial charge in [0.25, 0.3) is 5.91 Å². The van der Waals surface area contributed by atoms with Crippen LogP contribution in [-0.2, 0) is 22.7 Å². The second kappa shape index (κ2) is 9.35. The number of aliphatic carboxylic acids is 1. The van der Waals surface area contributed by atoms with E-state index in [1.165, 1.54) is 0 Å². The molecule has 1 aromatic carbocycles. The highest BCUT2D eigenvalue weighted by Gasteiger charge is 2.38. The molecule has 4 rings (SSSR count). The van der Waals surface area contributed by atoms with Crippen LogP contribution in [-0.4, -0.2) is 56.2 Å². The number of fused-ring (bicyclic) bond motifs is 2. The van der Waals surface area contributed by atoms with E-state index in [2.05, 4.69) is 14.5 Å². The lowest BCUT2D eigenvalue weighted by atomic mass is 10.1. The van der Waals surface area contributed by atoms with Crippen LogP contribution in [0.2, 0.25) is 0 Å². The number of ether oxygens (including phenoxy) is 1. The zero-order valence-electron chi connectivity index (χ0n) is 17.3. The summed E-state index contributed by atoms with van der Waals surface area (Å²) in [6, 6.07) is 11.5. The van der Waals surface area contributed by atoms with Crippen LogP contribution in [0.15, 0.2) is 42.6 Å². The van der Waals surface area contributed by atoms with E-state index in [0.29, 0.717) is 18.8 Å². The summed E-state index contributed by atoms with van der Waals surface area (Å²) < 4.78 is 39.1. The number of rotatable bonds is 3. The average molecular weight is 450 g/mol.